The number of nitrogens with zero attached hydrogens (tertiary/aromatic N) is 4. The van der Waals surface area contributed by atoms with Crippen LogP contribution in [0.15, 0.2) is 0 Å². The van der Waals surface area contributed by atoms with Crippen molar-refractivity contribution in [1.29, 1.82) is 0 Å². The molecule has 1 fully saturated rings. The summed E-state index contributed by atoms with van der Waals surface area (Å²) in [4.78, 5) is 13.7. The minimum absolute atomic E-state index is 0.242. The molecule has 0 radical (unpaired) electrons. The van der Waals surface area contributed by atoms with Crippen LogP contribution in [0.4, 0.5) is 10.7 Å². The highest BCUT2D eigenvalue weighted by atomic mass is 16.6. The van der Waals surface area contributed by atoms with E-state index in [0.29, 0.717) is 25.0 Å². The van der Waals surface area contributed by atoms with E-state index in [4.69, 9.17) is 10.5 Å². The summed E-state index contributed by atoms with van der Waals surface area (Å²) >= 11 is 0. The molecule has 20 heavy (non-hydrogen) atoms. The zero-order valence-corrected chi connectivity index (χ0v) is 12.6. The molecule has 1 amide bonds. The van der Waals surface area contributed by atoms with Crippen molar-refractivity contribution < 1.29 is 9.53 Å². The van der Waals surface area contributed by atoms with Gasteiger partial charge in [-0.3, -0.25) is 0 Å². The van der Waals surface area contributed by atoms with Crippen LogP contribution in [0, 0.1) is 0 Å². The molecule has 1 aliphatic heterocycles. The highest BCUT2D eigenvalue weighted by Gasteiger charge is 2.29. The number of piperidine rings is 1. The topological polar surface area (TPSA) is 86.3 Å². The zero-order chi connectivity index (χ0) is 14.9. The second-order valence-corrected chi connectivity index (χ2v) is 6.22. The SMILES string of the molecule is Cn1c(N)nnc1C1CCN(C(=O)OC(C)(C)C)CC1. The number of hydrogen-bond donors (Lipinski definition) is 1. The molecule has 1 aromatic rings. The van der Waals surface area contributed by atoms with Crippen molar-refractivity contribution in [3.8, 4) is 0 Å². The van der Waals surface area contributed by atoms with E-state index in [-0.39, 0.29) is 6.09 Å². The number of nitrogen functional groups attached to an aromatic ring is 1. The fraction of sp³-hybridized carbons (Fsp3) is 0.769. The lowest BCUT2D eigenvalue weighted by molar-refractivity contribution is 0.0202. The van der Waals surface area contributed by atoms with Gasteiger partial charge >= 0.3 is 6.09 Å². The molecule has 0 spiro atoms. The average Bonchev–Trinajstić information content (AvgIpc) is 2.68. The average molecular weight is 281 g/mol. The van der Waals surface area contributed by atoms with Crippen molar-refractivity contribution in [2.45, 2.75) is 45.1 Å². The van der Waals surface area contributed by atoms with Gasteiger partial charge in [0, 0.05) is 26.1 Å². The van der Waals surface area contributed by atoms with Gasteiger partial charge in [0.1, 0.15) is 11.4 Å². The molecule has 2 N–H and O–H groups in total. The third-order valence-electron chi connectivity index (χ3n) is 3.45. The van der Waals surface area contributed by atoms with E-state index in [9.17, 15) is 4.79 Å². The van der Waals surface area contributed by atoms with Crippen molar-refractivity contribution in [1.82, 2.24) is 19.7 Å². The summed E-state index contributed by atoms with van der Waals surface area (Å²) in [7, 11) is 1.87. The third-order valence-corrected chi connectivity index (χ3v) is 3.45. The van der Waals surface area contributed by atoms with Gasteiger partial charge in [-0.2, -0.15) is 0 Å². The molecule has 0 aromatic carbocycles. The van der Waals surface area contributed by atoms with Crippen molar-refractivity contribution >= 4 is 12.0 Å². The van der Waals surface area contributed by atoms with E-state index in [1.54, 1.807) is 4.90 Å². The first-order valence-corrected chi connectivity index (χ1v) is 6.90. The number of aromatic nitrogens is 3. The summed E-state index contributed by atoms with van der Waals surface area (Å²) in [5.41, 5.74) is 5.24. The highest BCUT2D eigenvalue weighted by Crippen LogP contribution is 2.27. The van der Waals surface area contributed by atoms with Crippen molar-refractivity contribution in [2.75, 3.05) is 18.8 Å². The van der Waals surface area contributed by atoms with Crippen LogP contribution in [0.2, 0.25) is 0 Å². The van der Waals surface area contributed by atoms with Crippen molar-refractivity contribution in [3.63, 3.8) is 0 Å². The van der Waals surface area contributed by atoms with Gasteiger partial charge in [-0.1, -0.05) is 0 Å². The van der Waals surface area contributed by atoms with Gasteiger partial charge in [-0.15, -0.1) is 10.2 Å². The van der Waals surface area contributed by atoms with Crippen LogP contribution in [0.1, 0.15) is 45.4 Å². The van der Waals surface area contributed by atoms with Crippen molar-refractivity contribution in [3.05, 3.63) is 5.82 Å². The summed E-state index contributed by atoms with van der Waals surface area (Å²) in [6.07, 6.45) is 1.46. The fourth-order valence-corrected chi connectivity index (χ4v) is 2.36. The molecule has 2 rings (SSSR count). The molecule has 7 heteroatoms. The Balaban J connectivity index is 1.93. The zero-order valence-electron chi connectivity index (χ0n) is 12.6. The number of nitrogens with two attached hydrogens (primary N) is 1. The van der Waals surface area contributed by atoms with E-state index in [1.165, 1.54) is 0 Å². The third kappa shape index (κ3) is 3.20. The summed E-state index contributed by atoms with van der Waals surface area (Å²) in [6.45, 7) is 6.97. The molecule has 112 valence electrons. The summed E-state index contributed by atoms with van der Waals surface area (Å²) in [5.74, 6) is 1.62. The van der Waals surface area contributed by atoms with Gasteiger partial charge in [0.25, 0.3) is 0 Å². The van der Waals surface area contributed by atoms with E-state index in [0.717, 1.165) is 18.7 Å². The minimum Gasteiger partial charge on any atom is -0.444 e. The van der Waals surface area contributed by atoms with Crippen LogP contribution in [0.5, 0.6) is 0 Å². The molecule has 0 saturated carbocycles. The molecule has 1 aromatic heterocycles. The molecule has 1 saturated heterocycles. The van der Waals surface area contributed by atoms with Gasteiger partial charge in [0.05, 0.1) is 0 Å². The quantitative estimate of drug-likeness (QED) is 0.843. The Labute approximate surface area is 119 Å². The number of rotatable bonds is 1. The van der Waals surface area contributed by atoms with Crippen LogP contribution in [-0.4, -0.2) is 44.4 Å². The van der Waals surface area contributed by atoms with E-state index in [2.05, 4.69) is 10.2 Å². The van der Waals surface area contributed by atoms with Crippen molar-refractivity contribution in [2.24, 2.45) is 7.05 Å². The monoisotopic (exact) mass is 281 g/mol. The largest absolute Gasteiger partial charge is 0.444 e. The van der Waals surface area contributed by atoms with Gasteiger partial charge in [0.15, 0.2) is 0 Å². The Morgan fingerprint density at radius 3 is 2.35 bits per heavy atom. The number of carbonyl (C=O) groups excluding carboxylic acids is 1. The molecule has 7 nitrogen and oxygen atoms in total. The van der Waals surface area contributed by atoms with E-state index >= 15 is 0 Å². The molecule has 1 aliphatic rings. The lowest BCUT2D eigenvalue weighted by atomic mass is 9.96. The maximum absolute atomic E-state index is 12.0. The molecule has 0 bridgehead atoms. The van der Waals surface area contributed by atoms with Crippen LogP contribution in [-0.2, 0) is 11.8 Å². The second kappa shape index (κ2) is 5.30. The number of likely N-dealkylation sites (tertiary alicyclic amines) is 1. The van der Waals surface area contributed by atoms with Gasteiger partial charge in [0.2, 0.25) is 5.95 Å². The number of ether oxygens (including phenoxy) is 1. The summed E-state index contributed by atoms with van der Waals surface area (Å²) < 4.78 is 7.19. The maximum atomic E-state index is 12.0. The van der Waals surface area contributed by atoms with E-state index < -0.39 is 5.60 Å². The first-order chi connectivity index (χ1) is 9.28. The Bertz CT molecular complexity index is 483. The predicted octanol–water partition coefficient (Wildman–Crippen LogP) is 1.51. The Kier molecular flexibility index (Phi) is 3.87. The van der Waals surface area contributed by atoms with Gasteiger partial charge in [-0.25, -0.2) is 4.79 Å². The van der Waals surface area contributed by atoms with E-state index in [1.807, 2.05) is 32.4 Å². The summed E-state index contributed by atoms with van der Waals surface area (Å²) in [6, 6.07) is 0. The fourth-order valence-electron chi connectivity index (χ4n) is 2.36. The summed E-state index contributed by atoms with van der Waals surface area (Å²) in [5, 5.41) is 8.00. The molecule has 2 heterocycles. The van der Waals surface area contributed by atoms with Crippen LogP contribution < -0.4 is 5.73 Å². The molecule has 0 aliphatic carbocycles. The minimum atomic E-state index is -0.452. The number of anilines is 1. The second-order valence-electron chi connectivity index (χ2n) is 6.22. The number of amides is 1. The Hall–Kier alpha value is -1.79. The van der Waals surface area contributed by atoms with Gasteiger partial charge in [-0.05, 0) is 33.6 Å². The first-order valence-electron chi connectivity index (χ1n) is 6.90. The lowest BCUT2D eigenvalue weighted by Gasteiger charge is -2.33. The predicted molar refractivity (Wildman–Crippen MR) is 75.2 cm³/mol. The molecular weight excluding hydrogens is 258 g/mol. The number of carbonyl (C=O) groups is 1. The maximum Gasteiger partial charge on any atom is 0.410 e. The highest BCUT2D eigenvalue weighted by molar-refractivity contribution is 5.68. The standard InChI is InChI=1S/C13H23N5O2/c1-13(2,3)20-12(19)18-7-5-9(6-8-18)10-15-16-11(14)17(10)4/h9H,5-8H2,1-4H3,(H2,14,16). The smallest absolute Gasteiger partial charge is 0.410 e. The molecule has 0 unspecified atom stereocenters. The van der Waals surface area contributed by atoms with Crippen LogP contribution >= 0.6 is 0 Å². The normalized spacial score (nSPS) is 17.3. The van der Waals surface area contributed by atoms with Gasteiger partial charge < -0.3 is 19.9 Å². The lowest BCUT2D eigenvalue weighted by Crippen LogP contribution is -2.41. The number of hydrogen-bond acceptors (Lipinski definition) is 5. The Morgan fingerprint density at radius 2 is 1.90 bits per heavy atom. The van der Waals surface area contributed by atoms with Crippen LogP contribution in [0.3, 0.4) is 0 Å². The first kappa shape index (κ1) is 14.6. The Morgan fingerprint density at radius 1 is 1.30 bits per heavy atom. The van der Waals surface area contributed by atoms with Crippen LogP contribution in [0.25, 0.3) is 0 Å². The molecule has 0 atom stereocenters. The molecular formula is C13H23N5O2.